The highest BCUT2D eigenvalue weighted by molar-refractivity contribution is 7.79. The van der Waals surface area contributed by atoms with Gasteiger partial charge in [0.1, 0.15) is 6.61 Å². The second-order valence-corrected chi connectivity index (χ2v) is 8.66. The second kappa shape index (κ2) is 11.5. The van der Waals surface area contributed by atoms with Gasteiger partial charge in [-0.25, -0.2) is 4.79 Å². The van der Waals surface area contributed by atoms with Crippen LogP contribution in [0.15, 0.2) is 121 Å². The van der Waals surface area contributed by atoms with Crippen LogP contribution in [0.1, 0.15) is 5.56 Å². The number of carbonyl (C=O) groups is 1. The fourth-order valence-electron chi connectivity index (χ4n) is 2.91. The molecule has 4 rings (SSSR count). The summed E-state index contributed by atoms with van der Waals surface area (Å²) < 4.78 is 4.57. The molecule has 0 fully saturated rings. The van der Waals surface area contributed by atoms with E-state index in [4.69, 9.17) is 5.73 Å². The van der Waals surface area contributed by atoms with E-state index in [1.54, 1.807) is 0 Å². The maximum atomic E-state index is 10.2. The van der Waals surface area contributed by atoms with Gasteiger partial charge in [-0.1, -0.05) is 121 Å². The lowest BCUT2D eigenvalue weighted by atomic mass is 10.2. The zero-order valence-corrected chi connectivity index (χ0v) is 17.5. The average Bonchev–Trinajstić information content (AvgIpc) is 2.81. The molecule has 4 heteroatoms. The summed E-state index contributed by atoms with van der Waals surface area (Å²) >= 11 is 0. The first-order valence-electron chi connectivity index (χ1n) is 9.65. The number of nitrogens with two attached hydrogens (primary N) is 1. The minimum Gasteiger partial charge on any atom is -0.445 e. The largest absolute Gasteiger partial charge is 0.445 e. The van der Waals surface area contributed by atoms with Crippen molar-refractivity contribution in [3.8, 4) is 0 Å². The molecule has 0 spiro atoms. The third-order valence-electron chi connectivity index (χ3n) is 4.27. The number of carbonyl (C=O) groups excluding carboxylic acids is 1. The lowest BCUT2D eigenvalue weighted by Crippen LogP contribution is -2.20. The van der Waals surface area contributed by atoms with Crippen LogP contribution in [-0.4, -0.2) is 6.09 Å². The monoisotopic (exact) mass is 413 g/mol. The van der Waals surface area contributed by atoms with Crippen LogP contribution >= 0.6 is 7.92 Å². The number of ether oxygens (including phenoxy) is 1. The molecule has 4 aromatic rings. The SMILES string of the molecule is NC(=O)OCc1ccccc1.c1ccc(P(c2ccccc2)c2ccccc2)cc1. The highest BCUT2D eigenvalue weighted by Crippen LogP contribution is 2.32. The van der Waals surface area contributed by atoms with E-state index in [2.05, 4.69) is 95.7 Å². The molecule has 0 radical (unpaired) electrons. The Labute approximate surface area is 178 Å². The van der Waals surface area contributed by atoms with Gasteiger partial charge in [-0.2, -0.15) is 0 Å². The fourth-order valence-corrected chi connectivity index (χ4v) is 5.21. The number of hydrogen-bond donors (Lipinski definition) is 1. The third-order valence-corrected chi connectivity index (χ3v) is 6.71. The van der Waals surface area contributed by atoms with E-state index in [0.29, 0.717) is 0 Å². The topological polar surface area (TPSA) is 52.3 Å². The number of benzene rings is 4. The summed E-state index contributed by atoms with van der Waals surface area (Å²) in [6, 6.07) is 41.7. The first-order valence-corrected chi connectivity index (χ1v) is 11.0. The maximum absolute atomic E-state index is 10.2. The van der Waals surface area contributed by atoms with Crippen LogP contribution in [0.3, 0.4) is 0 Å². The minimum atomic E-state index is -0.742. The lowest BCUT2D eigenvalue weighted by molar-refractivity contribution is 0.150. The van der Waals surface area contributed by atoms with Gasteiger partial charge in [0.15, 0.2) is 0 Å². The molecule has 0 bridgehead atoms. The number of primary amides is 1. The minimum absolute atomic E-state index is 0.246. The molecule has 0 saturated heterocycles. The normalized spacial score (nSPS) is 10.0. The van der Waals surface area contributed by atoms with E-state index in [1.165, 1.54) is 15.9 Å². The molecule has 0 aliphatic carbocycles. The molecule has 150 valence electrons. The summed E-state index contributed by atoms with van der Waals surface area (Å²) in [5.41, 5.74) is 5.72. The molecule has 0 heterocycles. The third kappa shape index (κ3) is 6.58. The molecule has 0 atom stereocenters. The molecule has 4 aromatic carbocycles. The van der Waals surface area contributed by atoms with Crippen molar-refractivity contribution in [3.63, 3.8) is 0 Å². The Hall–Kier alpha value is -3.42. The Kier molecular flexibility index (Phi) is 8.20. The van der Waals surface area contributed by atoms with Gasteiger partial charge in [0.2, 0.25) is 0 Å². The van der Waals surface area contributed by atoms with Gasteiger partial charge in [0.05, 0.1) is 0 Å². The summed E-state index contributed by atoms with van der Waals surface area (Å²) in [5.74, 6) is 0. The highest BCUT2D eigenvalue weighted by Gasteiger charge is 2.14. The maximum Gasteiger partial charge on any atom is 0.404 e. The number of rotatable bonds is 5. The standard InChI is InChI=1S/C18H15P.C8H9NO2/c1-4-10-16(11-5-1)19(17-12-6-2-7-13-17)18-14-8-3-9-15-18;9-8(10)11-6-7-4-2-1-3-5-7/h1-15H;1-5H,6H2,(H2,9,10). The Morgan fingerprint density at radius 1 is 0.600 bits per heavy atom. The predicted octanol–water partition coefficient (Wildman–Crippen LogP) is 4.73. The molecule has 0 aliphatic heterocycles. The first-order chi connectivity index (χ1) is 14.7. The summed E-state index contributed by atoms with van der Waals surface area (Å²) in [6.07, 6.45) is -0.742. The van der Waals surface area contributed by atoms with Gasteiger partial charge in [-0.3, -0.25) is 0 Å². The Balaban J connectivity index is 0.000000199. The molecule has 1 amide bonds. The molecule has 0 aliphatic rings. The smallest absolute Gasteiger partial charge is 0.404 e. The molecule has 0 saturated carbocycles. The number of amides is 1. The van der Waals surface area contributed by atoms with Crippen molar-refractivity contribution in [1.29, 1.82) is 0 Å². The van der Waals surface area contributed by atoms with Crippen molar-refractivity contribution in [2.45, 2.75) is 6.61 Å². The summed E-state index contributed by atoms with van der Waals surface area (Å²) in [6.45, 7) is 0.246. The van der Waals surface area contributed by atoms with Crippen molar-refractivity contribution in [1.82, 2.24) is 0 Å². The van der Waals surface area contributed by atoms with Crippen molar-refractivity contribution in [3.05, 3.63) is 127 Å². The van der Waals surface area contributed by atoms with Gasteiger partial charge in [0, 0.05) is 0 Å². The van der Waals surface area contributed by atoms with Crippen LogP contribution in [0.4, 0.5) is 4.79 Å². The molecule has 0 aromatic heterocycles. The number of hydrogen-bond acceptors (Lipinski definition) is 2. The lowest BCUT2D eigenvalue weighted by Gasteiger charge is -2.18. The van der Waals surface area contributed by atoms with E-state index >= 15 is 0 Å². The van der Waals surface area contributed by atoms with Crippen LogP contribution in [0, 0.1) is 0 Å². The van der Waals surface area contributed by atoms with Gasteiger partial charge >= 0.3 is 6.09 Å². The van der Waals surface area contributed by atoms with Crippen molar-refractivity contribution in [2.24, 2.45) is 5.73 Å². The van der Waals surface area contributed by atoms with Gasteiger partial charge < -0.3 is 10.5 Å². The zero-order chi connectivity index (χ0) is 21.0. The highest BCUT2D eigenvalue weighted by atomic mass is 31.1. The first kappa shape index (κ1) is 21.3. The Morgan fingerprint density at radius 3 is 1.27 bits per heavy atom. The van der Waals surface area contributed by atoms with Gasteiger partial charge in [-0.15, -0.1) is 0 Å². The van der Waals surface area contributed by atoms with Crippen molar-refractivity contribution in [2.75, 3.05) is 0 Å². The molecule has 0 unspecified atom stereocenters. The molecule has 30 heavy (non-hydrogen) atoms. The van der Waals surface area contributed by atoms with Gasteiger partial charge in [-0.05, 0) is 29.4 Å². The fraction of sp³-hybridized carbons (Fsp3) is 0.0385. The van der Waals surface area contributed by atoms with E-state index in [-0.39, 0.29) is 6.61 Å². The second-order valence-electron chi connectivity index (χ2n) is 6.44. The quantitative estimate of drug-likeness (QED) is 0.481. The van der Waals surface area contributed by atoms with Crippen LogP contribution < -0.4 is 21.6 Å². The van der Waals surface area contributed by atoms with Crippen LogP contribution in [-0.2, 0) is 11.3 Å². The van der Waals surface area contributed by atoms with Crippen molar-refractivity contribution < 1.29 is 9.53 Å². The van der Waals surface area contributed by atoms with Crippen molar-refractivity contribution >= 4 is 29.9 Å². The van der Waals surface area contributed by atoms with Gasteiger partial charge in [0.25, 0.3) is 0 Å². The Bertz CT molecular complexity index is 916. The van der Waals surface area contributed by atoms with E-state index in [1.807, 2.05) is 30.3 Å². The summed E-state index contributed by atoms with van der Waals surface area (Å²) in [7, 11) is -0.446. The molecule has 3 nitrogen and oxygen atoms in total. The Morgan fingerprint density at radius 2 is 0.933 bits per heavy atom. The molecular formula is C26H24NO2P. The predicted molar refractivity (Wildman–Crippen MR) is 126 cm³/mol. The van der Waals surface area contributed by atoms with Crippen LogP contribution in [0.2, 0.25) is 0 Å². The van der Waals surface area contributed by atoms with Crippen LogP contribution in [0.25, 0.3) is 0 Å². The van der Waals surface area contributed by atoms with E-state index in [0.717, 1.165) is 5.56 Å². The van der Waals surface area contributed by atoms with E-state index in [9.17, 15) is 4.79 Å². The molecular weight excluding hydrogens is 389 g/mol. The van der Waals surface area contributed by atoms with Crippen LogP contribution in [0.5, 0.6) is 0 Å². The zero-order valence-electron chi connectivity index (χ0n) is 16.6. The summed E-state index contributed by atoms with van der Waals surface area (Å²) in [5, 5.41) is 4.19. The average molecular weight is 413 g/mol. The van der Waals surface area contributed by atoms with E-state index < -0.39 is 14.0 Å². The summed E-state index contributed by atoms with van der Waals surface area (Å²) in [4.78, 5) is 10.2. The molecule has 2 N–H and O–H groups in total.